The van der Waals surface area contributed by atoms with E-state index in [0.29, 0.717) is 18.9 Å². The molecule has 9 heteroatoms. The maximum absolute atomic E-state index is 12.5. The number of likely N-dealkylation sites (N-methyl/N-ethyl adjacent to an activating group) is 1. The van der Waals surface area contributed by atoms with Crippen LogP contribution in [-0.4, -0.2) is 81.9 Å². The summed E-state index contributed by atoms with van der Waals surface area (Å²) in [6.07, 6.45) is 0.578. The van der Waals surface area contributed by atoms with Gasteiger partial charge in [0.05, 0.1) is 31.6 Å². The molecule has 3 heterocycles. The number of ether oxygens (including phenoxy) is 1. The van der Waals surface area contributed by atoms with Gasteiger partial charge in [-0.1, -0.05) is 0 Å². The highest BCUT2D eigenvalue weighted by Gasteiger charge is 2.35. The summed E-state index contributed by atoms with van der Waals surface area (Å²) in [4.78, 5) is 2.35. The highest BCUT2D eigenvalue weighted by molar-refractivity contribution is 7.80. The van der Waals surface area contributed by atoms with Gasteiger partial charge in [-0.2, -0.15) is 0 Å². The lowest BCUT2D eigenvalue weighted by Crippen LogP contribution is -2.46. The Morgan fingerprint density at radius 1 is 1.36 bits per heavy atom. The number of hydroxylamine groups is 2. The molecule has 1 saturated heterocycles. The Hall–Kier alpha value is -0.870. The Kier molecular flexibility index (Phi) is 4.88. The SMILES string of the molecule is CC1NC2=C(N1[O-])N(CCCN1CCOCC1)S(=O)N(C)C2. The predicted octanol–water partition coefficient (Wildman–Crippen LogP) is -0.547. The van der Waals surface area contributed by atoms with Crippen LogP contribution in [-0.2, 0) is 15.9 Å². The molecule has 0 saturated carbocycles. The number of nitrogens with zero attached hydrogens (tertiary/aromatic N) is 4. The maximum Gasteiger partial charge on any atom is 0.200 e. The van der Waals surface area contributed by atoms with Crippen LogP contribution in [0.3, 0.4) is 0 Å². The molecular formula is C13H24N5O3S-. The molecule has 0 bridgehead atoms. The second-order valence-corrected chi connectivity index (χ2v) is 7.40. The van der Waals surface area contributed by atoms with E-state index in [2.05, 4.69) is 10.2 Å². The molecule has 2 atom stereocenters. The molecule has 0 aromatic rings. The Morgan fingerprint density at radius 2 is 2.09 bits per heavy atom. The van der Waals surface area contributed by atoms with Gasteiger partial charge in [-0.3, -0.25) is 9.21 Å². The molecule has 0 spiro atoms. The smallest absolute Gasteiger partial charge is 0.200 e. The van der Waals surface area contributed by atoms with Crippen molar-refractivity contribution in [3.63, 3.8) is 0 Å². The number of hydrogen-bond donors (Lipinski definition) is 1. The fourth-order valence-electron chi connectivity index (χ4n) is 3.04. The molecule has 0 aliphatic carbocycles. The molecule has 0 radical (unpaired) electrons. The van der Waals surface area contributed by atoms with Crippen LogP contribution < -0.4 is 5.32 Å². The van der Waals surface area contributed by atoms with E-state index in [0.717, 1.165) is 50.0 Å². The molecule has 0 aromatic carbocycles. The molecule has 22 heavy (non-hydrogen) atoms. The van der Waals surface area contributed by atoms with Crippen LogP contribution in [0.4, 0.5) is 0 Å². The van der Waals surface area contributed by atoms with Crippen molar-refractivity contribution in [3.8, 4) is 0 Å². The zero-order chi connectivity index (χ0) is 15.7. The lowest BCUT2D eigenvalue weighted by Gasteiger charge is -2.40. The van der Waals surface area contributed by atoms with Gasteiger partial charge in [0, 0.05) is 33.2 Å². The number of hydrogen-bond acceptors (Lipinski definition) is 6. The fraction of sp³-hybridized carbons (Fsp3) is 0.846. The lowest BCUT2D eigenvalue weighted by atomic mass is 10.3. The van der Waals surface area contributed by atoms with E-state index < -0.39 is 11.2 Å². The summed E-state index contributed by atoms with van der Waals surface area (Å²) in [5, 5.41) is 16.4. The number of rotatable bonds is 4. The molecule has 3 aliphatic rings. The molecule has 2 unspecified atom stereocenters. The maximum atomic E-state index is 12.5. The summed E-state index contributed by atoms with van der Waals surface area (Å²) >= 11 is -1.29. The van der Waals surface area contributed by atoms with Crippen LogP contribution in [0, 0.1) is 5.21 Å². The van der Waals surface area contributed by atoms with E-state index in [9.17, 15) is 9.42 Å². The third-order valence-electron chi connectivity index (χ3n) is 4.22. The van der Waals surface area contributed by atoms with E-state index in [4.69, 9.17) is 4.74 Å². The highest BCUT2D eigenvalue weighted by Crippen LogP contribution is 2.29. The second-order valence-electron chi connectivity index (χ2n) is 5.87. The van der Waals surface area contributed by atoms with Gasteiger partial charge in [0.15, 0.2) is 11.2 Å². The van der Waals surface area contributed by atoms with E-state index in [1.807, 2.05) is 14.0 Å². The van der Waals surface area contributed by atoms with Gasteiger partial charge in [0.2, 0.25) is 0 Å². The van der Waals surface area contributed by atoms with Gasteiger partial charge in [-0.05, 0) is 13.3 Å². The molecule has 3 aliphatic heterocycles. The van der Waals surface area contributed by atoms with Crippen molar-refractivity contribution < 1.29 is 8.95 Å². The number of morpholine rings is 1. The van der Waals surface area contributed by atoms with Gasteiger partial charge in [0.1, 0.15) is 5.82 Å². The lowest BCUT2D eigenvalue weighted by molar-refractivity contribution is 0.0369. The van der Waals surface area contributed by atoms with Gasteiger partial charge in [-0.15, -0.1) is 0 Å². The van der Waals surface area contributed by atoms with E-state index >= 15 is 0 Å². The second kappa shape index (κ2) is 6.71. The molecule has 1 N–H and O–H groups in total. The first-order valence-electron chi connectivity index (χ1n) is 7.75. The average Bonchev–Trinajstić information content (AvgIpc) is 2.79. The van der Waals surface area contributed by atoms with Crippen LogP contribution in [0.2, 0.25) is 0 Å². The average molecular weight is 330 g/mol. The summed E-state index contributed by atoms with van der Waals surface area (Å²) in [6.45, 7) is 7.34. The Bertz CT molecular complexity index is 469. The van der Waals surface area contributed by atoms with Crippen molar-refractivity contribution in [2.24, 2.45) is 0 Å². The van der Waals surface area contributed by atoms with Crippen molar-refractivity contribution in [2.45, 2.75) is 19.5 Å². The summed E-state index contributed by atoms with van der Waals surface area (Å²) in [5.74, 6) is 0.547. The largest absolute Gasteiger partial charge is 0.756 e. The predicted molar refractivity (Wildman–Crippen MR) is 84.2 cm³/mol. The third-order valence-corrected chi connectivity index (χ3v) is 5.62. The standard InChI is InChI=1S/C13H24N5O3S/c1-11-14-12-10-15(2)22(20)17(13(12)18(11)19)5-3-4-16-6-8-21-9-7-16/h11,14H,3-10H2,1-2H3/q-1. The van der Waals surface area contributed by atoms with Crippen molar-refractivity contribution in [3.05, 3.63) is 16.7 Å². The van der Waals surface area contributed by atoms with E-state index in [1.165, 1.54) is 0 Å². The van der Waals surface area contributed by atoms with Crippen LogP contribution in [0.5, 0.6) is 0 Å². The third kappa shape index (κ3) is 3.09. The Balaban J connectivity index is 1.62. The van der Waals surface area contributed by atoms with E-state index in [1.54, 1.807) is 8.61 Å². The monoisotopic (exact) mass is 330 g/mol. The first-order chi connectivity index (χ1) is 10.6. The van der Waals surface area contributed by atoms with E-state index in [-0.39, 0.29) is 6.17 Å². The van der Waals surface area contributed by atoms with Crippen molar-refractivity contribution in [2.75, 3.05) is 53.0 Å². The minimum Gasteiger partial charge on any atom is -0.756 e. The first-order valence-corrected chi connectivity index (χ1v) is 8.81. The van der Waals surface area contributed by atoms with Crippen LogP contribution in [0.15, 0.2) is 11.5 Å². The molecule has 126 valence electrons. The van der Waals surface area contributed by atoms with Crippen LogP contribution >= 0.6 is 0 Å². The first kappa shape index (κ1) is 16.0. The zero-order valence-electron chi connectivity index (χ0n) is 13.2. The van der Waals surface area contributed by atoms with Crippen LogP contribution in [0.1, 0.15) is 13.3 Å². The molecule has 0 amide bonds. The van der Waals surface area contributed by atoms with Crippen molar-refractivity contribution in [1.82, 2.24) is 23.9 Å². The Labute approximate surface area is 134 Å². The summed E-state index contributed by atoms with van der Waals surface area (Å²) in [7, 11) is 1.81. The molecular weight excluding hydrogens is 306 g/mol. The summed E-state index contributed by atoms with van der Waals surface area (Å²) < 4.78 is 21.3. The summed E-state index contributed by atoms with van der Waals surface area (Å²) in [5.41, 5.74) is 0.871. The Morgan fingerprint density at radius 3 is 2.82 bits per heavy atom. The van der Waals surface area contributed by atoms with Gasteiger partial charge < -0.3 is 20.3 Å². The van der Waals surface area contributed by atoms with Gasteiger partial charge >= 0.3 is 0 Å². The number of nitrogens with one attached hydrogen (secondary N) is 1. The minimum absolute atomic E-state index is 0.296. The van der Waals surface area contributed by atoms with Gasteiger partial charge in [0.25, 0.3) is 0 Å². The minimum atomic E-state index is -1.29. The highest BCUT2D eigenvalue weighted by atomic mass is 32.2. The van der Waals surface area contributed by atoms with Gasteiger partial charge in [-0.25, -0.2) is 8.51 Å². The van der Waals surface area contributed by atoms with Crippen molar-refractivity contribution in [1.29, 1.82) is 0 Å². The normalized spacial score (nSPS) is 30.7. The van der Waals surface area contributed by atoms with Crippen LogP contribution in [0.25, 0.3) is 0 Å². The fourth-order valence-corrected chi connectivity index (χ4v) is 4.24. The molecule has 1 fully saturated rings. The topological polar surface area (TPSA) is 74.4 Å². The molecule has 0 aromatic heterocycles. The summed E-state index contributed by atoms with van der Waals surface area (Å²) in [6, 6.07) is 0. The quantitative estimate of drug-likeness (QED) is 0.746. The zero-order valence-corrected chi connectivity index (χ0v) is 14.0. The van der Waals surface area contributed by atoms with Crippen molar-refractivity contribution >= 4 is 11.2 Å². The molecule has 8 nitrogen and oxygen atoms in total. The molecule has 3 rings (SSSR count).